The molecule has 0 saturated heterocycles. The minimum Gasteiger partial charge on any atom is -0.497 e. The second-order valence-corrected chi connectivity index (χ2v) is 2.30. The van der Waals surface area contributed by atoms with Gasteiger partial charge in [-0.15, -0.1) is 0 Å². The van der Waals surface area contributed by atoms with E-state index < -0.39 is 18.2 Å². The zero-order valence-electron chi connectivity index (χ0n) is 6.19. The van der Waals surface area contributed by atoms with Gasteiger partial charge in [0.05, 0.1) is 6.26 Å². The van der Waals surface area contributed by atoms with Crippen molar-refractivity contribution >= 4 is 5.97 Å². The highest BCUT2D eigenvalue weighted by Gasteiger charge is 2.22. The fourth-order valence-electron chi connectivity index (χ4n) is 0.826. The summed E-state index contributed by atoms with van der Waals surface area (Å²) in [6.45, 7) is 1.52. The first kappa shape index (κ1) is 8.07. The molecule has 0 aromatic rings. The summed E-state index contributed by atoms with van der Waals surface area (Å²) >= 11 is 0. The minimum atomic E-state index is -0.743. The fraction of sp³-hybridized carbons (Fsp3) is 0.571. The van der Waals surface area contributed by atoms with E-state index in [-0.39, 0.29) is 6.61 Å². The molecule has 1 rings (SSSR count). The Balaban J connectivity index is 2.45. The van der Waals surface area contributed by atoms with Gasteiger partial charge in [0, 0.05) is 6.92 Å². The summed E-state index contributed by atoms with van der Waals surface area (Å²) in [5.74, 6) is -0.409. The molecule has 1 N–H and O–H groups in total. The first-order chi connectivity index (χ1) is 5.20. The highest BCUT2D eigenvalue weighted by atomic mass is 16.6. The van der Waals surface area contributed by atoms with E-state index in [1.54, 1.807) is 0 Å². The van der Waals surface area contributed by atoms with Crippen molar-refractivity contribution < 1.29 is 19.4 Å². The van der Waals surface area contributed by atoms with E-state index in [1.165, 1.54) is 19.3 Å². The summed E-state index contributed by atoms with van der Waals surface area (Å²) in [5, 5.41) is 9.17. The standard InChI is InChI=1S/C7H10O4/c1-5(8)11-7-4-10-3-2-6(7)9/h2-3,6-7,9H,4H2,1H3/t6-,7+/m0/s1. The smallest absolute Gasteiger partial charge is 0.303 e. The average molecular weight is 158 g/mol. The molecule has 11 heavy (non-hydrogen) atoms. The van der Waals surface area contributed by atoms with Crippen LogP contribution in [0.1, 0.15) is 6.92 Å². The predicted octanol–water partition coefficient (Wildman–Crippen LogP) is -0.177. The molecule has 0 saturated carbocycles. The Hall–Kier alpha value is -1.03. The maximum atomic E-state index is 10.4. The van der Waals surface area contributed by atoms with Gasteiger partial charge in [-0.3, -0.25) is 4.79 Å². The summed E-state index contributed by atoms with van der Waals surface area (Å²) in [6, 6.07) is 0. The van der Waals surface area contributed by atoms with Gasteiger partial charge in [-0.25, -0.2) is 0 Å². The molecule has 0 unspecified atom stereocenters. The molecule has 0 spiro atoms. The van der Waals surface area contributed by atoms with Crippen LogP contribution >= 0.6 is 0 Å². The maximum absolute atomic E-state index is 10.4. The van der Waals surface area contributed by atoms with Crippen LogP contribution in [0.15, 0.2) is 12.3 Å². The van der Waals surface area contributed by atoms with Crippen LogP contribution in [0.5, 0.6) is 0 Å². The molecule has 0 fully saturated rings. The van der Waals surface area contributed by atoms with Gasteiger partial charge in [0.2, 0.25) is 0 Å². The summed E-state index contributed by atoms with van der Waals surface area (Å²) in [6.07, 6.45) is 1.53. The van der Waals surface area contributed by atoms with Crippen LogP contribution < -0.4 is 0 Å². The lowest BCUT2D eigenvalue weighted by atomic mass is 10.2. The number of carbonyl (C=O) groups is 1. The summed E-state index contributed by atoms with van der Waals surface area (Å²) in [4.78, 5) is 10.4. The second kappa shape index (κ2) is 3.39. The van der Waals surface area contributed by atoms with E-state index in [4.69, 9.17) is 9.47 Å². The Morgan fingerprint density at radius 2 is 2.55 bits per heavy atom. The monoisotopic (exact) mass is 158 g/mol. The van der Waals surface area contributed by atoms with Gasteiger partial charge in [-0.05, 0) is 6.08 Å². The number of carbonyl (C=O) groups excluding carboxylic acids is 1. The molecule has 0 bridgehead atoms. The molecule has 1 aliphatic rings. The van der Waals surface area contributed by atoms with Crippen LogP contribution in [0.3, 0.4) is 0 Å². The molecule has 0 aliphatic carbocycles. The van der Waals surface area contributed by atoms with E-state index in [1.807, 2.05) is 0 Å². The molecule has 62 valence electrons. The molecule has 0 aromatic heterocycles. The third-order valence-electron chi connectivity index (χ3n) is 1.33. The lowest BCUT2D eigenvalue weighted by Gasteiger charge is -2.22. The van der Waals surface area contributed by atoms with E-state index in [9.17, 15) is 9.90 Å². The molecular formula is C7H10O4. The fourth-order valence-corrected chi connectivity index (χ4v) is 0.826. The molecule has 0 amide bonds. The van der Waals surface area contributed by atoms with E-state index in [0.29, 0.717) is 0 Å². The molecular weight excluding hydrogens is 148 g/mol. The molecule has 4 nitrogen and oxygen atoms in total. The Labute approximate surface area is 64.4 Å². The third-order valence-corrected chi connectivity index (χ3v) is 1.33. The minimum absolute atomic E-state index is 0.219. The number of esters is 1. The summed E-state index contributed by atoms with van der Waals surface area (Å²) in [5.41, 5.74) is 0. The molecule has 0 radical (unpaired) electrons. The van der Waals surface area contributed by atoms with Crippen LogP contribution in [0.4, 0.5) is 0 Å². The Kier molecular flexibility index (Phi) is 2.48. The van der Waals surface area contributed by atoms with E-state index in [0.717, 1.165) is 0 Å². The van der Waals surface area contributed by atoms with E-state index >= 15 is 0 Å². The topological polar surface area (TPSA) is 55.8 Å². The van der Waals surface area contributed by atoms with Gasteiger partial charge in [-0.1, -0.05) is 0 Å². The maximum Gasteiger partial charge on any atom is 0.303 e. The van der Waals surface area contributed by atoms with Crippen LogP contribution in [0.25, 0.3) is 0 Å². The number of ether oxygens (including phenoxy) is 2. The van der Waals surface area contributed by atoms with Crippen LogP contribution in [-0.4, -0.2) is 29.9 Å². The molecule has 0 aromatic carbocycles. The predicted molar refractivity (Wildman–Crippen MR) is 36.7 cm³/mol. The van der Waals surface area contributed by atoms with Crippen LogP contribution in [0, 0.1) is 0 Å². The highest BCUT2D eigenvalue weighted by Crippen LogP contribution is 2.07. The first-order valence-electron chi connectivity index (χ1n) is 3.33. The SMILES string of the molecule is CC(=O)O[C@@H]1COC=C[C@@H]1O. The van der Waals surface area contributed by atoms with Gasteiger partial charge in [-0.2, -0.15) is 0 Å². The summed E-state index contributed by atoms with van der Waals surface area (Å²) < 4.78 is 9.57. The van der Waals surface area contributed by atoms with Crippen molar-refractivity contribution in [2.45, 2.75) is 19.1 Å². The molecule has 1 aliphatic heterocycles. The zero-order valence-corrected chi connectivity index (χ0v) is 6.19. The number of aliphatic hydroxyl groups is 1. The Bertz CT molecular complexity index is 175. The van der Waals surface area contributed by atoms with Crippen LogP contribution in [-0.2, 0) is 14.3 Å². The normalized spacial score (nSPS) is 29.3. The van der Waals surface area contributed by atoms with Crippen molar-refractivity contribution in [2.24, 2.45) is 0 Å². The zero-order chi connectivity index (χ0) is 8.27. The van der Waals surface area contributed by atoms with Crippen molar-refractivity contribution in [1.82, 2.24) is 0 Å². The van der Waals surface area contributed by atoms with Crippen LogP contribution in [0.2, 0.25) is 0 Å². The van der Waals surface area contributed by atoms with Crippen molar-refractivity contribution in [1.29, 1.82) is 0 Å². The van der Waals surface area contributed by atoms with Crippen molar-refractivity contribution in [3.8, 4) is 0 Å². The van der Waals surface area contributed by atoms with Gasteiger partial charge >= 0.3 is 5.97 Å². The van der Waals surface area contributed by atoms with Gasteiger partial charge in [0.1, 0.15) is 12.7 Å². The lowest BCUT2D eigenvalue weighted by Crippen LogP contribution is -2.35. The molecule has 2 atom stereocenters. The lowest BCUT2D eigenvalue weighted by molar-refractivity contribution is -0.154. The van der Waals surface area contributed by atoms with Crippen molar-refractivity contribution in [3.63, 3.8) is 0 Å². The third kappa shape index (κ3) is 2.23. The van der Waals surface area contributed by atoms with Gasteiger partial charge in [0.15, 0.2) is 6.10 Å². The van der Waals surface area contributed by atoms with Crippen molar-refractivity contribution in [3.05, 3.63) is 12.3 Å². The van der Waals surface area contributed by atoms with E-state index in [2.05, 4.69) is 0 Å². The Morgan fingerprint density at radius 3 is 3.09 bits per heavy atom. The molecule has 1 heterocycles. The molecule has 4 heteroatoms. The number of hydrogen-bond acceptors (Lipinski definition) is 4. The van der Waals surface area contributed by atoms with Crippen molar-refractivity contribution in [2.75, 3.05) is 6.61 Å². The average Bonchev–Trinajstić information content (AvgIpc) is 1.93. The number of aliphatic hydroxyl groups excluding tert-OH is 1. The highest BCUT2D eigenvalue weighted by molar-refractivity contribution is 5.66. The van der Waals surface area contributed by atoms with Gasteiger partial charge in [0.25, 0.3) is 0 Å². The first-order valence-corrected chi connectivity index (χ1v) is 3.33. The quantitative estimate of drug-likeness (QED) is 0.538. The number of rotatable bonds is 1. The second-order valence-electron chi connectivity index (χ2n) is 2.30. The largest absolute Gasteiger partial charge is 0.497 e. The van der Waals surface area contributed by atoms with Gasteiger partial charge < -0.3 is 14.6 Å². The number of hydrogen-bond donors (Lipinski definition) is 1. The Morgan fingerprint density at radius 1 is 1.82 bits per heavy atom. The summed E-state index contributed by atoms with van der Waals surface area (Å²) in [7, 11) is 0.